The Morgan fingerprint density at radius 3 is 2.52 bits per heavy atom. The van der Waals surface area contributed by atoms with E-state index in [9.17, 15) is 18.3 Å². The number of sulfonamides is 1. The highest BCUT2D eigenvalue weighted by atomic mass is 32.2. The molecule has 1 N–H and O–H groups in total. The van der Waals surface area contributed by atoms with E-state index in [1.54, 1.807) is 24.4 Å². The Hall–Kier alpha value is -2.55. The summed E-state index contributed by atoms with van der Waals surface area (Å²) in [6, 6.07) is 14.9. The highest BCUT2D eigenvalue weighted by Crippen LogP contribution is 2.35. The van der Waals surface area contributed by atoms with Crippen molar-refractivity contribution in [1.82, 2.24) is 9.29 Å². The lowest BCUT2D eigenvalue weighted by Crippen LogP contribution is -2.48. The molecule has 4 rings (SSSR count). The molecule has 0 saturated carbocycles. The number of carboxylic acids is 1. The molecule has 0 bridgehead atoms. The molecule has 1 aromatic carbocycles. The number of aromatic nitrogens is 1. The van der Waals surface area contributed by atoms with Gasteiger partial charge in [-0.3, -0.25) is 9.78 Å². The number of nitrogens with zero attached hydrogens (tertiary/aromatic N) is 2. The molecule has 0 radical (unpaired) electrons. The van der Waals surface area contributed by atoms with E-state index < -0.39 is 22.0 Å². The maximum absolute atomic E-state index is 13.2. The predicted molar refractivity (Wildman–Crippen MR) is 102 cm³/mol. The van der Waals surface area contributed by atoms with Crippen LogP contribution in [-0.4, -0.2) is 34.8 Å². The summed E-state index contributed by atoms with van der Waals surface area (Å²) in [7, 11) is -3.94. The van der Waals surface area contributed by atoms with Crippen LogP contribution < -0.4 is 0 Å². The molecule has 0 spiro atoms. The molecule has 2 aromatic heterocycles. The minimum absolute atomic E-state index is 0.0479. The Morgan fingerprint density at radius 1 is 1.07 bits per heavy atom. The molecule has 1 atom stereocenters. The number of carboxylic acid groups (broad SMARTS) is 1. The molecule has 3 heterocycles. The number of hydrogen-bond donors (Lipinski definition) is 1. The minimum atomic E-state index is -3.94. The van der Waals surface area contributed by atoms with Crippen molar-refractivity contribution < 1.29 is 18.3 Å². The van der Waals surface area contributed by atoms with E-state index in [4.69, 9.17) is 0 Å². The van der Waals surface area contributed by atoms with Crippen molar-refractivity contribution in [3.63, 3.8) is 0 Å². The Labute approximate surface area is 160 Å². The van der Waals surface area contributed by atoms with Crippen molar-refractivity contribution in [3.05, 3.63) is 71.9 Å². The monoisotopic (exact) mass is 400 g/mol. The van der Waals surface area contributed by atoms with Crippen LogP contribution in [0.4, 0.5) is 0 Å². The average molecular weight is 400 g/mol. The lowest BCUT2D eigenvalue weighted by molar-refractivity contribution is -0.141. The first-order chi connectivity index (χ1) is 13.0. The van der Waals surface area contributed by atoms with Gasteiger partial charge in [-0.1, -0.05) is 30.3 Å². The zero-order valence-electron chi connectivity index (χ0n) is 14.1. The topological polar surface area (TPSA) is 87.6 Å². The second-order valence-corrected chi connectivity index (χ2v) is 9.41. The van der Waals surface area contributed by atoms with E-state index in [1.165, 1.54) is 6.07 Å². The van der Waals surface area contributed by atoms with Crippen molar-refractivity contribution in [1.29, 1.82) is 0 Å². The van der Waals surface area contributed by atoms with Gasteiger partial charge in [0.05, 0.1) is 10.6 Å². The summed E-state index contributed by atoms with van der Waals surface area (Å²) >= 11 is 1.10. The Kier molecular flexibility index (Phi) is 4.55. The fourth-order valence-corrected chi connectivity index (χ4v) is 6.15. The van der Waals surface area contributed by atoms with Crippen LogP contribution in [0.25, 0.3) is 10.6 Å². The summed E-state index contributed by atoms with van der Waals surface area (Å²) in [5, 5.41) is 9.61. The summed E-state index contributed by atoms with van der Waals surface area (Å²) in [6.45, 7) is 0.0479. The van der Waals surface area contributed by atoms with Gasteiger partial charge >= 0.3 is 5.97 Å². The highest BCUT2D eigenvalue weighted by molar-refractivity contribution is 7.91. The molecule has 1 aliphatic heterocycles. The number of benzene rings is 1. The van der Waals surface area contributed by atoms with E-state index >= 15 is 0 Å². The number of thiophene rings is 1. The van der Waals surface area contributed by atoms with Crippen LogP contribution in [-0.2, 0) is 27.8 Å². The SMILES string of the molecule is O=C(O)[C@H]1Cc2ccccc2CN1S(=O)(=O)c1ccc(-c2ccccn2)s1. The summed E-state index contributed by atoms with van der Waals surface area (Å²) in [5.74, 6) is -1.14. The molecule has 0 unspecified atom stereocenters. The lowest BCUT2D eigenvalue weighted by Gasteiger charge is -2.33. The Morgan fingerprint density at radius 2 is 1.81 bits per heavy atom. The smallest absolute Gasteiger partial charge is 0.322 e. The van der Waals surface area contributed by atoms with E-state index in [0.717, 1.165) is 31.6 Å². The van der Waals surface area contributed by atoms with Gasteiger partial charge in [-0.15, -0.1) is 11.3 Å². The molecule has 0 amide bonds. The highest BCUT2D eigenvalue weighted by Gasteiger charge is 2.40. The normalized spacial score (nSPS) is 17.4. The predicted octanol–water partition coefficient (Wildman–Crippen LogP) is 3.01. The van der Waals surface area contributed by atoms with Crippen LogP contribution in [0.1, 0.15) is 11.1 Å². The van der Waals surface area contributed by atoms with Gasteiger partial charge in [-0.25, -0.2) is 8.42 Å². The first-order valence-corrected chi connectivity index (χ1v) is 10.5. The fourth-order valence-electron chi connectivity index (χ4n) is 3.18. The maximum Gasteiger partial charge on any atom is 0.322 e. The third-order valence-electron chi connectivity index (χ3n) is 4.55. The third-order valence-corrected chi connectivity index (χ3v) is 7.98. The van der Waals surface area contributed by atoms with Crippen molar-refractivity contribution >= 4 is 27.3 Å². The standard InChI is InChI=1S/C19H16N2O4S2/c22-19(23)16-11-13-5-1-2-6-14(13)12-21(16)27(24,25)18-9-8-17(26-18)15-7-3-4-10-20-15/h1-10,16H,11-12H2,(H,22,23)/t16-/m1/s1. The van der Waals surface area contributed by atoms with Crippen LogP contribution in [0.5, 0.6) is 0 Å². The molecule has 0 fully saturated rings. The molecular formula is C19H16N2O4S2. The molecule has 27 heavy (non-hydrogen) atoms. The number of fused-ring (bicyclic) bond motifs is 1. The van der Waals surface area contributed by atoms with E-state index in [0.29, 0.717) is 5.69 Å². The van der Waals surface area contributed by atoms with Crippen LogP contribution in [0, 0.1) is 0 Å². The molecule has 8 heteroatoms. The minimum Gasteiger partial charge on any atom is -0.480 e. The number of hydrogen-bond acceptors (Lipinski definition) is 5. The van der Waals surface area contributed by atoms with Gasteiger partial charge in [0.2, 0.25) is 0 Å². The van der Waals surface area contributed by atoms with Gasteiger partial charge in [-0.2, -0.15) is 4.31 Å². The summed E-state index contributed by atoms with van der Waals surface area (Å²) in [6.07, 6.45) is 1.80. The van der Waals surface area contributed by atoms with Crippen molar-refractivity contribution in [2.24, 2.45) is 0 Å². The Balaban J connectivity index is 1.72. The average Bonchev–Trinajstić information content (AvgIpc) is 3.19. The molecule has 138 valence electrons. The van der Waals surface area contributed by atoms with Gasteiger partial charge in [0.25, 0.3) is 10.0 Å². The number of rotatable bonds is 4. The van der Waals surface area contributed by atoms with Crippen LogP contribution in [0.2, 0.25) is 0 Å². The van der Waals surface area contributed by atoms with E-state index in [-0.39, 0.29) is 17.2 Å². The van der Waals surface area contributed by atoms with E-state index in [2.05, 4.69) is 4.98 Å². The first-order valence-electron chi connectivity index (χ1n) is 8.29. The largest absolute Gasteiger partial charge is 0.480 e. The summed E-state index contributed by atoms with van der Waals surface area (Å²) < 4.78 is 27.6. The van der Waals surface area contributed by atoms with Crippen molar-refractivity contribution in [2.45, 2.75) is 23.2 Å². The molecule has 0 saturated heterocycles. The van der Waals surface area contributed by atoms with Gasteiger partial charge in [0, 0.05) is 19.2 Å². The van der Waals surface area contributed by atoms with Crippen molar-refractivity contribution in [3.8, 4) is 10.6 Å². The van der Waals surface area contributed by atoms with Gasteiger partial charge < -0.3 is 5.11 Å². The van der Waals surface area contributed by atoms with Gasteiger partial charge in [0.1, 0.15) is 10.3 Å². The molecular weight excluding hydrogens is 384 g/mol. The Bertz CT molecular complexity index is 1090. The van der Waals surface area contributed by atoms with Crippen molar-refractivity contribution in [2.75, 3.05) is 0 Å². The number of carbonyl (C=O) groups is 1. The lowest BCUT2D eigenvalue weighted by atomic mass is 9.96. The van der Waals surface area contributed by atoms with Crippen LogP contribution in [0.3, 0.4) is 0 Å². The van der Waals surface area contributed by atoms with Gasteiger partial charge in [-0.05, 0) is 35.4 Å². The molecule has 1 aliphatic rings. The second kappa shape index (κ2) is 6.88. The van der Waals surface area contributed by atoms with Gasteiger partial charge in [0.15, 0.2) is 0 Å². The molecule has 6 nitrogen and oxygen atoms in total. The number of pyridine rings is 1. The quantitative estimate of drug-likeness (QED) is 0.727. The molecule has 0 aliphatic carbocycles. The third kappa shape index (κ3) is 3.27. The maximum atomic E-state index is 13.2. The number of aliphatic carboxylic acids is 1. The zero-order chi connectivity index (χ0) is 19.0. The van der Waals surface area contributed by atoms with Crippen LogP contribution in [0.15, 0.2) is 65.0 Å². The first kappa shape index (κ1) is 17.8. The zero-order valence-corrected chi connectivity index (χ0v) is 15.8. The summed E-state index contributed by atoms with van der Waals surface area (Å²) in [5.41, 5.74) is 2.39. The van der Waals surface area contributed by atoms with Crippen LogP contribution >= 0.6 is 11.3 Å². The summed E-state index contributed by atoms with van der Waals surface area (Å²) in [4.78, 5) is 16.7. The molecule has 3 aromatic rings. The second-order valence-electron chi connectivity index (χ2n) is 6.21. The van der Waals surface area contributed by atoms with E-state index in [1.807, 2.05) is 30.3 Å². The fraction of sp³-hybridized carbons (Fsp3) is 0.158.